The second-order valence-electron chi connectivity index (χ2n) is 4.11. The molecule has 0 fully saturated rings. The minimum atomic E-state index is -0.201. The van der Waals surface area contributed by atoms with Gasteiger partial charge in [-0.05, 0) is 18.6 Å². The maximum atomic E-state index is 11.8. The Morgan fingerprint density at radius 3 is 3.16 bits per heavy atom. The van der Waals surface area contributed by atoms with Crippen LogP contribution in [-0.2, 0) is 17.9 Å². The lowest BCUT2D eigenvalue weighted by molar-refractivity contribution is 0.0916. The molecular weight excluding hydrogens is 246 g/mol. The highest BCUT2D eigenvalue weighted by Crippen LogP contribution is 2.08. The SMILES string of the molecule is COCc1ccc(C(=O)NCCCn2ccnc2)o1. The van der Waals surface area contributed by atoms with Crippen LogP contribution in [0.3, 0.4) is 0 Å². The molecule has 2 aromatic heterocycles. The van der Waals surface area contributed by atoms with Gasteiger partial charge in [0.2, 0.25) is 0 Å². The lowest BCUT2D eigenvalue weighted by Crippen LogP contribution is -2.24. The summed E-state index contributed by atoms with van der Waals surface area (Å²) >= 11 is 0. The molecule has 102 valence electrons. The van der Waals surface area contributed by atoms with Gasteiger partial charge in [0.15, 0.2) is 5.76 Å². The van der Waals surface area contributed by atoms with Crippen LogP contribution in [0.5, 0.6) is 0 Å². The summed E-state index contributed by atoms with van der Waals surface area (Å²) in [5, 5.41) is 2.81. The maximum Gasteiger partial charge on any atom is 0.286 e. The molecule has 2 rings (SSSR count). The first kappa shape index (κ1) is 13.4. The average molecular weight is 263 g/mol. The van der Waals surface area contributed by atoms with Gasteiger partial charge in [0, 0.05) is 32.6 Å². The number of methoxy groups -OCH3 is 1. The number of aromatic nitrogens is 2. The van der Waals surface area contributed by atoms with Gasteiger partial charge in [-0.3, -0.25) is 4.79 Å². The van der Waals surface area contributed by atoms with Crippen LogP contribution in [0.25, 0.3) is 0 Å². The molecule has 6 heteroatoms. The van der Waals surface area contributed by atoms with E-state index in [4.69, 9.17) is 9.15 Å². The first-order chi connectivity index (χ1) is 9.29. The molecule has 0 saturated carbocycles. The Hall–Kier alpha value is -2.08. The highest BCUT2D eigenvalue weighted by molar-refractivity contribution is 5.91. The molecule has 2 aromatic rings. The van der Waals surface area contributed by atoms with E-state index < -0.39 is 0 Å². The second-order valence-corrected chi connectivity index (χ2v) is 4.11. The molecule has 6 nitrogen and oxygen atoms in total. The number of aryl methyl sites for hydroxylation is 1. The summed E-state index contributed by atoms with van der Waals surface area (Å²) in [4.78, 5) is 15.7. The van der Waals surface area contributed by atoms with Crippen molar-refractivity contribution in [2.45, 2.75) is 19.6 Å². The van der Waals surface area contributed by atoms with Crippen LogP contribution in [0, 0.1) is 0 Å². The summed E-state index contributed by atoms with van der Waals surface area (Å²) in [5.41, 5.74) is 0. The van der Waals surface area contributed by atoms with E-state index in [1.54, 1.807) is 31.8 Å². The van der Waals surface area contributed by atoms with Crippen molar-refractivity contribution in [3.05, 3.63) is 42.4 Å². The third kappa shape index (κ3) is 3.96. The Bertz CT molecular complexity index is 505. The molecule has 0 bridgehead atoms. The number of nitrogens with zero attached hydrogens (tertiary/aromatic N) is 2. The van der Waals surface area contributed by atoms with Crippen LogP contribution >= 0.6 is 0 Å². The topological polar surface area (TPSA) is 69.3 Å². The van der Waals surface area contributed by atoms with Crippen LogP contribution in [0.1, 0.15) is 22.7 Å². The van der Waals surface area contributed by atoms with Gasteiger partial charge in [0.25, 0.3) is 5.91 Å². The number of carbonyl (C=O) groups is 1. The van der Waals surface area contributed by atoms with Crippen LogP contribution in [0.4, 0.5) is 0 Å². The summed E-state index contributed by atoms with van der Waals surface area (Å²) in [6.07, 6.45) is 6.23. The van der Waals surface area contributed by atoms with Crippen molar-refractivity contribution in [3.63, 3.8) is 0 Å². The van der Waals surface area contributed by atoms with Gasteiger partial charge < -0.3 is 19.0 Å². The van der Waals surface area contributed by atoms with E-state index >= 15 is 0 Å². The van der Waals surface area contributed by atoms with Crippen molar-refractivity contribution >= 4 is 5.91 Å². The zero-order valence-electron chi connectivity index (χ0n) is 10.8. The number of hydrogen-bond donors (Lipinski definition) is 1. The zero-order chi connectivity index (χ0) is 13.5. The lowest BCUT2D eigenvalue weighted by Gasteiger charge is -2.04. The number of imidazole rings is 1. The van der Waals surface area contributed by atoms with E-state index in [2.05, 4.69) is 10.3 Å². The van der Waals surface area contributed by atoms with Crippen LogP contribution in [0.2, 0.25) is 0 Å². The van der Waals surface area contributed by atoms with Gasteiger partial charge in [-0.25, -0.2) is 4.98 Å². The fourth-order valence-electron chi connectivity index (χ4n) is 1.69. The standard InChI is InChI=1S/C13H17N3O3/c1-18-9-11-3-4-12(19-11)13(17)15-5-2-7-16-8-6-14-10-16/h3-4,6,8,10H,2,5,7,9H2,1H3,(H,15,17). The third-order valence-electron chi connectivity index (χ3n) is 2.61. The van der Waals surface area contributed by atoms with Crippen molar-refractivity contribution in [1.82, 2.24) is 14.9 Å². The number of ether oxygens (including phenoxy) is 1. The quantitative estimate of drug-likeness (QED) is 0.767. The Morgan fingerprint density at radius 2 is 2.42 bits per heavy atom. The Labute approximate surface area is 111 Å². The van der Waals surface area contributed by atoms with E-state index in [-0.39, 0.29) is 5.91 Å². The van der Waals surface area contributed by atoms with E-state index in [1.807, 2.05) is 10.8 Å². The number of furan rings is 1. The average Bonchev–Trinajstić information content (AvgIpc) is 3.06. The summed E-state index contributed by atoms with van der Waals surface area (Å²) in [6.45, 7) is 1.79. The molecule has 0 aromatic carbocycles. The van der Waals surface area contributed by atoms with Gasteiger partial charge in [-0.1, -0.05) is 0 Å². The maximum absolute atomic E-state index is 11.8. The molecule has 2 heterocycles. The summed E-state index contributed by atoms with van der Waals surface area (Å²) < 4.78 is 12.2. The molecule has 0 aliphatic rings. The predicted molar refractivity (Wildman–Crippen MR) is 68.6 cm³/mol. The van der Waals surface area contributed by atoms with Crippen molar-refractivity contribution < 1.29 is 13.9 Å². The van der Waals surface area contributed by atoms with E-state index in [0.717, 1.165) is 13.0 Å². The number of hydrogen-bond acceptors (Lipinski definition) is 4. The molecular formula is C13H17N3O3. The molecule has 19 heavy (non-hydrogen) atoms. The minimum absolute atomic E-state index is 0.201. The largest absolute Gasteiger partial charge is 0.453 e. The summed E-state index contributed by atoms with van der Waals surface area (Å²) in [6, 6.07) is 3.39. The van der Waals surface area contributed by atoms with Crippen LogP contribution in [-0.4, -0.2) is 29.1 Å². The number of nitrogens with one attached hydrogen (secondary N) is 1. The highest BCUT2D eigenvalue weighted by atomic mass is 16.5. The molecule has 0 spiro atoms. The molecule has 0 radical (unpaired) electrons. The minimum Gasteiger partial charge on any atom is -0.453 e. The Kier molecular flexibility index (Phi) is 4.74. The Morgan fingerprint density at radius 1 is 1.53 bits per heavy atom. The number of carbonyl (C=O) groups excluding carboxylic acids is 1. The fraction of sp³-hybridized carbons (Fsp3) is 0.385. The van der Waals surface area contributed by atoms with Crippen LogP contribution < -0.4 is 5.32 Å². The van der Waals surface area contributed by atoms with Crippen molar-refractivity contribution in [2.75, 3.05) is 13.7 Å². The van der Waals surface area contributed by atoms with Crippen molar-refractivity contribution in [1.29, 1.82) is 0 Å². The first-order valence-corrected chi connectivity index (χ1v) is 6.11. The molecule has 1 N–H and O–H groups in total. The van der Waals surface area contributed by atoms with E-state index in [0.29, 0.717) is 24.7 Å². The van der Waals surface area contributed by atoms with E-state index in [1.165, 1.54) is 0 Å². The summed E-state index contributed by atoms with van der Waals surface area (Å²) in [7, 11) is 1.58. The first-order valence-electron chi connectivity index (χ1n) is 6.11. The number of amides is 1. The molecule has 0 atom stereocenters. The lowest BCUT2D eigenvalue weighted by atomic mass is 10.3. The molecule has 0 aliphatic heterocycles. The van der Waals surface area contributed by atoms with Crippen molar-refractivity contribution in [2.24, 2.45) is 0 Å². The Balaban J connectivity index is 1.71. The summed E-state index contributed by atoms with van der Waals surface area (Å²) in [5.74, 6) is 0.758. The zero-order valence-corrected chi connectivity index (χ0v) is 10.8. The van der Waals surface area contributed by atoms with Gasteiger partial charge in [-0.15, -0.1) is 0 Å². The predicted octanol–water partition coefficient (Wildman–Crippen LogP) is 1.44. The van der Waals surface area contributed by atoms with Gasteiger partial charge in [0.05, 0.1) is 6.33 Å². The van der Waals surface area contributed by atoms with Gasteiger partial charge in [0.1, 0.15) is 12.4 Å². The smallest absolute Gasteiger partial charge is 0.286 e. The molecule has 1 amide bonds. The monoisotopic (exact) mass is 263 g/mol. The molecule has 0 saturated heterocycles. The van der Waals surface area contributed by atoms with Crippen LogP contribution in [0.15, 0.2) is 35.3 Å². The normalized spacial score (nSPS) is 10.6. The van der Waals surface area contributed by atoms with Gasteiger partial charge in [-0.2, -0.15) is 0 Å². The molecule has 0 aliphatic carbocycles. The fourth-order valence-corrected chi connectivity index (χ4v) is 1.69. The van der Waals surface area contributed by atoms with E-state index in [9.17, 15) is 4.79 Å². The third-order valence-corrected chi connectivity index (χ3v) is 2.61. The molecule has 0 unspecified atom stereocenters. The van der Waals surface area contributed by atoms with Gasteiger partial charge >= 0.3 is 0 Å². The second kappa shape index (κ2) is 6.75. The highest BCUT2D eigenvalue weighted by Gasteiger charge is 2.10. The number of rotatable bonds is 7. The van der Waals surface area contributed by atoms with Crippen molar-refractivity contribution in [3.8, 4) is 0 Å².